The molecule has 7 heteroatoms. The third kappa shape index (κ3) is 11.1. The van der Waals surface area contributed by atoms with Gasteiger partial charge in [0.1, 0.15) is 17.7 Å². The molecule has 1 rings (SSSR count). The first-order valence-electron chi connectivity index (χ1n) is 13.8. The van der Waals surface area contributed by atoms with Gasteiger partial charge in [0.05, 0.1) is 0 Å². The fourth-order valence-electron chi connectivity index (χ4n) is 4.47. The molecule has 2 N–H and O–H groups in total. The van der Waals surface area contributed by atoms with E-state index in [1.165, 1.54) is 0 Å². The summed E-state index contributed by atoms with van der Waals surface area (Å²) in [7, 11) is 0. The number of unbranched alkanes of at least 4 members (excludes halogenated alkanes) is 3. The molecule has 0 fully saturated rings. The van der Waals surface area contributed by atoms with E-state index in [0.29, 0.717) is 13.0 Å². The van der Waals surface area contributed by atoms with Crippen molar-refractivity contribution in [3.05, 3.63) is 34.9 Å². The molecule has 2 atom stereocenters. The van der Waals surface area contributed by atoms with E-state index >= 15 is 0 Å². The number of amides is 3. The molecule has 0 radical (unpaired) electrons. The summed E-state index contributed by atoms with van der Waals surface area (Å²) >= 11 is 0. The molecule has 0 bridgehead atoms. The van der Waals surface area contributed by atoms with Crippen molar-refractivity contribution in [1.29, 1.82) is 0 Å². The molecule has 210 valence electrons. The number of carbonyl (C=O) groups excluding carboxylic acids is 3. The lowest BCUT2D eigenvalue weighted by molar-refractivity contribution is -0.143. The van der Waals surface area contributed by atoms with Crippen molar-refractivity contribution in [2.45, 2.75) is 125 Å². The fraction of sp³-hybridized carbons (Fsp3) is 0.700. The van der Waals surface area contributed by atoms with Crippen LogP contribution in [0.25, 0.3) is 0 Å². The van der Waals surface area contributed by atoms with Crippen molar-refractivity contribution in [3.63, 3.8) is 0 Å². The van der Waals surface area contributed by atoms with Gasteiger partial charge in [-0.2, -0.15) is 0 Å². The molecule has 0 aliphatic heterocycles. The quantitative estimate of drug-likeness (QED) is 0.304. The predicted molar refractivity (Wildman–Crippen MR) is 150 cm³/mol. The molecule has 37 heavy (non-hydrogen) atoms. The second-order valence-electron chi connectivity index (χ2n) is 11.8. The van der Waals surface area contributed by atoms with Gasteiger partial charge >= 0.3 is 6.09 Å². The van der Waals surface area contributed by atoms with Crippen molar-refractivity contribution in [1.82, 2.24) is 15.5 Å². The maximum absolute atomic E-state index is 14.2. The Bertz CT molecular complexity index is 869. The van der Waals surface area contributed by atoms with E-state index in [1.54, 1.807) is 25.7 Å². The average molecular weight is 518 g/mol. The highest BCUT2D eigenvalue weighted by Gasteiger charge is 2.37. The molecule has 0 saturated heterocycles. The topological polar surface area (TPSA) is 87.7 Å². The minimum atomic E-state index is -0.806. The smallest absolute Gasteiger partial charge is 0.408 e. The van der Waals surface area contributed by atoms with Crippen LogP contribution >= 0.6 is 0 Å². The minimum absolute atomic E-state index is 0.0808. The maximum Gasteiger partial charge on any atom is 0.408 e. The number of benzene rings is 1. The normalized spacial score (nSPS) is 13.3. The molecule has 0 aromatic heterocycles. The van der Waals surface area contributed by atoms with E-state index in [2.05, 4.69) is 17.6 Å². The van der Waals surface area contributed by atoms with Crippen LogP contribution in [0.1, 0.15) is 110 Å². The van der Waals surface area contributed by atoms with Crippen molar-refractivity contribution < 1.29 is 19.1 Å². The second-order valence-corrected chi connectivity index (χ2v) is 11.8. The van der Waals surface area contributed by atoms with Crippen molar-refractivity contribution >= 4 is 17.9 Å². The van der Waals surface area contributed by atoms with E-state index in [1.807, 2.05) is 59.7 Å². The molecule has 1 aromatic carbocycles. The van der Waals surface area contributed by atoms with Crippen LogP contribution in [0.15, 0.2) is 18.2 Å². The summed E-state index contributed by atoms with van der Waals surface area (Å²) in [6.45, 7) is 19.7. The van der Waals surface area contributed by atoms with Crippen LogP contribution in [0.2, 0.25) is 0 Å². The maximum atomic E-state index is 14.2. The number of nitrogens with one attached hydrogen (secondary N) is 2. The van der Waals surface area contributed by atoms with E-state index in [9.17, 15) is 14.4 Å². The zero-order valence-corrected chi connectivity index (χ0v) is 24.9. The molecular formula is C30H51N3O4. The molecule has 0 aliphatic rings. The summed E-state index contributed by atoms with van der Waals surface area (Å²) < 4.78 is 5.48. The number of carbonyl (C=O) groups is 3. The predicted octanol–water partition coefficient (Wildman–Crippen LogP) is 6.22. The summed E-state index contributed by atoms with van der Waals surface area (Å²) in [5, 5.41) is 5.86. The summed E-state index contributed by atoms with van der Waals surface area (Å²) in [5.74, 6) is -0.326. The van der Waals surface area contributed by atoms with Crippen LogP contribution in [0.4, 0.5) is 4.79 Å². The van der Waals surface area contributed by atoms with Gasteiger partial charge in [-0.3, -0.25) is 9.59 Å². The van der Waals surface area contributed by atoms with Gasteiger partial charge in [0.2, 0.25) is 11.8 Å². The number of alkyl carbamates (subject to hydrolysis) is 1. The number of nitrogens with zero attached hydrogens (tertiary/aromatic N) is 1. The van der Waals surface area contributed by atoms with Crippen molar-refractivity contribution in [2.75, 3.05) is 6.54 Å². The van der Waals surface area contributed by atoms with Gasteiger partial charge in [0, 0.05) is 12.6 Å². The number of hydrogen-bond acceptors (Lipinski definition) is 4. The summed E-state index contributed by atoms with van der Waals surface area (Å²) in [6, 6.07) is 4.23. The standard InChI is InChI=1S/C30H51N3O4/c1-11-12-13-14-18-33(28(35)24(19-20(2)3)32-29(36)37-30(8,9)10)26(27(34)31-21(4)5)25-22(6)16-15-17-23(25)7/h15-17,20-21,24,26H,11-14,18-19H2,1-10H3,(H,31,34)(H,32,36). The van der Waals surface area contributed by atoms with Crippen LogP contribution in [0.5, 0.6) is 0 Å². The highest BCUT2D eigenvalue weighted by Crippen LogP contribution is 2.30. The van der Waals surface area contributed by atoms with Crippen LogP contribution in [0.3, 0.4) is 0 Å². The number of hydrogen-bond donors (Lipinski definition) is 2. The summed E-state index contributed by atoms with van der Waals surface area (Å²) in [4.78, 5) is 42.4. The molecule has 1 aromatic rings. The summed E-state index contributed by atoms with van der Waals surface area (Å²) in [6.07, 6.45) is 3.66. The van der Waals surface area contributed by atoms with Crippen LogP contribution in [-0.2, 0) is 14.3 Å². The third-order valence-corrected chi connectivity index (χ3v) is 6.04. The minimum Gasteiger partial charge on any atom is -0.444 e. The van der Waals surface area contributed by atoms with Gasteiger partial charge in [0.25, 0.3) is 0 Å². The average Bonchev–Trinajstić information content (AvgIpc) is 2.74. The van der Waals surface area contributed by atoms with Crippen LogP contribution < -0.4 is 10.6 Å². The fourth-order valence-corrected chi connectivity index (χ4v) is 4.47. The molecule has 7 nitrogen and oxygen atoms in total. The molecule has 2 unspecified atom stereocenters. The van der Waals surface area contributed by atoms with E-state index in [-0.39, 0.29) is 23.8 Å². The second kappa shape index (κ2) is 15.0. The number of rotatable bonds is 13. The molecular weight excluding hydrogens is 466 g/mol. The Balaban J connectivity index is 3.57. The van der Waals surface area contributed by atoms with E-state index in [4.69, 9.17) is 4.74 Å². The largest absolute Gasteiger partial charge is 0.444 e. The Morgan fingerprint density at radius 1 is 0.946 bits per heavy atom. The Morgan fingerprint density at radius 2 is 1.54 bits per heavy atom. The zero-order chi connectivity index (χ0) is 28.3. The highest BCUT2D eigenvalue weighted by atomic mass is 16.6. The zero-order valence-electron chi connectivity index (χ0n) is 24.9. The SMILES string of the molecule is CCCCCCN(C(=O)C(CC(C)C)NC(=O)OC(C)(C)C)C(C(=O)NC(C)C)c1c(C)cccc1C. The van der Waals surface area contributed by atoms with Gasteiger partial charge in [-0.15, -0.1) is 0 Å². The lowest BCUT2D eigenvalue weighted by Crippen LogP contribution is -2.54. The van der Waals surface area contributed by atoms with Gasteiger partial charge in [-0.1, -0.05) is 58.2 Å². The van der Waals surface area contributed by atoms with E-state index in [0.717, 1.165) is 42.4 Å². The van der Waals surface area contributed by atoms with E-state index < -0.39 is 23.8 Å². The highest BCUT2D eigenvalue weighted by molar-refractivity contribution is 5.92. The van der Waals surface area contributed by atoms with Gasteiger partial charge in [-0.25, -0.2) is 4.79 Å². The van der Waals surface area contributed by atoms with Gasteiger partial charge in [-0.05, 0) is 83.9 Å². The molecule has 0 spiro atoms. The molecule has 3 amide bonds. The van der Waals surface area contributed by atoms with Gasteiger partial charge in [0.15, 0.2) is 0 Å². The Hall–Kier alpha value is -2.57. The number of aryl methyl sites for hydroxylation is 2. The van der Waals surface area contributed by atoms with Crippen molar-refractivity contribution in [3.8, 4) is 0 Å². The van der Waals surface area contributed by atoms with Crippen LogP contribution in [0, 0.1) is 19.8 Å². The lowest BCUT2D eigenvalue weighted by atomic mass is 9.92. The first-order chi connectivity index (χ1) is 17.2. The molecule has 0 aliphatic carbocycles. The van der Waals surface area contributed by atoms with Crippen LogP contribution in [-0.4, -0.2) is 47.0 Å². The monoisotopic (exact) mass is 517 g/mol. The Labute approximate surface area is 225 Å². The molecule has 0 heterocycles. The first kappa shape index (κ1) is 32.5. The van der Waals surface area contributed by atoms with Gasteiger partial charge < -0.3 is 20.3 Å². The lowest BCUT2D eigenvalue weighted by Gasteiger charge is -2.36. The third-order valence-electron chi connectivity index (χ3n) is 6.04. The Kier molecular flexibility index (Phi) is 13.2. The number of ether oxygens (including phenoxy) is 1. The van der Waals surface area contributed by atoms with Crippen molar-refractivity contribution in [2.24, 2.45) is 5.92 Å². The Morgan fingerprint density at radius 3 is 2.03 bits per heavy atom. The first-order valence-corrected chi connectivity index (χ1v) is 13.8. The molecule has 0 saturated carbocycles. The summed E-state index contributed by atoms with van der Waals surface area (Å²) in [5.41, 5.74) is 2.06.